The average molecular weight is 386 g/mol. The molecular weight excluding hydrogens is 371 g/mol. The molecule has 10 heteroatoms. The van der Waals surface area contributed by atoms with Gasteiger partial charge in [0.2, 0.25) is 0 Å². The van der Waals surface area contributed by atoms with Crippen molar-refractivity contribution in [3.63, 3.8) is 0 Å². The van der Waals surface area contributed by atoms with Gasteiger partial charge in [0, 0.05) is 37.7 Å². The molecule has 1 aliphatic rings. The number of halogens is 4. The highest BCUT2D eigenvalue weighted by Gasteiger charge is 2.32. The summed E-state index contributed by atoms with van der Waals surface area (Å²) < 4.78 is 38.1. The van der Waals surface area contributed by atoms with E-state index in [4.69, 9.17) is 11.6 Å². The molecule has 0 spiro atoms. The second-order valence-corrected chi connectivity index (χ2v) is 6.26. The van der Waals surface area contributed by atoms with E-state index in [0.717, 1.165) is 12.3 Å². The first-order valence-electron chi connectivity index (χ1n) is 7.89. The van der Waals surface area contributed by atoms with Gasteiger partial charge in [0.15, 0.2) is 0 Å². The Morgan fingerprint density at radius 3 is 2.50 bits per heavy atom. The first kappa shape index (κ1) is 18.4. The van der Waals surface area contributed by atoms with Crippen molar-refractivity contribution in [2.24, 2.45) is 0 Å². The van der Waals surface area contributed by atoms with Gasteiger partial charge in [0.1, 0.15) is 11.5 Å². The minimum Gasteiger partial charge on any atom is -0.355 e. The maximum absolute atomic E-state index is 12.7. The standard InChI is InChI=1S/C16H15ClF3N5O/c17-12-7-10(16(18,19)20)8-23-14(12)25-5-1-11(2-6-25)24-15(26)13-9-21-3-4-22-13/h3-4,7-9,11H,1-2,5-6H2,(H,24,26). The summed E-state index contributed by atoms with van der Waals surface area (Å²) >= 11 is 5.98. The van der Waals surface area contributed by atoms with Crippen LogP contribution in [0.5, 0.6) is 0 Å². The molecule has 1 saturated heterocycles. The van der Waals surface area contributed by atoms with Crippen LogP contribution in [0.25, 0.3) is 0 Å². The van der Waals surface area contributed by atoms with E-state index in [9.17, 15) is 18.0 Å². The second kappa shape index (κ2) is 7.45. The number of carbonyl (C=O) groups excluding carboxylic acids is 1. The van der Waals surface area contributed by atoms with Gasteiger partial charge in [-0.05, 0) is 18.9 Å². The molecule has 0 aromatic carbocycles. The predicted molar refractivity (Wildman–Crippen MR) is 89.0 cm³/mol. The number of anilines is 1. The van der Waals surface area contributed by atoms with Crippen LogP contribution in [0.1, 0.15) is 28.9 Å². The van der Waals surface area contributed by atoms with Crippen molar-refractivity contribution >= 4 is 23.3 Å². The van der Waals surface area contributed by atoms with Gasteiger partial charge in [-0.15, -0.1) is 0 Å². The van der Waals surface area contributed by atoms with Crippen molar-refractivity contribution in [1.82, 2.24) is 20.3 Å². The van der Waals surface area contributed by atoms with Crippen molar-refractivity contribution in [2.75, 3.05) is 18.0 Å². The van der Waals surface area contributed by atoms with Crippen LogP contribution in [0.4, 0.5) is 19.0 Å². The highest BCUT2D eigenvalue weighted by molar-refractivity contribution is 6.33. The van der Waals surface area contributed by atoms with Crippen LogP contribution >= 0.6 is 11.6 Å². The number of rotatable bonds is 3. The first-order valence-corrected chi connectivity index (χ1v) is 8.27. The summed E-state index contributed by atoms with van der Waals surface area (Å²) in [5.41, 5.74) is -0.639. The van der Waals surface area contributed by atoms with Crippen LogP contribution in [0.3, 0.4) is 0 Å². The van der Waals surface area contributed by atoms with Crippen LogP contribution < -0.4 is 10.2 Å². The summed E-state index contributed by atoms with van der Waals surface area (Å²) in [4.78, 5) is 25.6. The molecule has 1 amide bonds. The van der Waals surface area contributed by atoms with Crippen LogP contribution in [0.15, 0.2) is 30.9 Å². The van der Waals surface area contributed by atoms with Gasteiger partial charge in [0.05, 0.1) is 16.8 Å². The summed E-state index contributed by atoms with van der Waals surface area (Å²) in [7, 11) is 0. The Hall–Kier alpha value is -2.42. The lowest BCUT2D eigenvalue weighted by Crippen LogP contribution is -2.45. The SMILES string of the molecule is O=C(NC1CCN(c2ncc(C(F)(F)F)cc2Cl)CC1)c1cnccn1. The van der Waals surface area contributed by atoms with Gasteiger partial charge >= 0.3 is 6.18 Å². The largest absolute Gasteiger partial charge is 0.417 e. The molecule has 1 fully saturated rings. The molecule has 0 bridgehead atoms. The van der Waals surface area contributed by atoms with Crippen molar-refractivity contribution in [1.29, 1.82) is 0 Å². The molecule has 26 heavy (non-hydrogen) atoms. The predicted octanol–water partition coefficient (Wildman–Crippen LogP) is 2.94. The fraction of sp³-hybridized carbons (Fsp3) is 0.375. The molecule has 0 saturated carbocycles. The monoisotopic (exact) mass is 385 g/mol. The van der Waals surface area contributed by atoms with Gasteiger partial charge in [0.25, 0.3) is 5.91 Å². The van der Waals surface area contributed by atoms with Crippen molar-refractivity contribution in [2.45, 2.75) is 25.1 Å². The molecular formula is C16H15ClF3N5O. The van der Waals surface area contributed by atoms with E-state index in [-0.39, 0.29) is 22.7 Å². The van der Waals surface area contributed by atoms with E-state index < -0.39 is 11.7 Å². The fourth-order valence-corrected chi connectivity index (χ4v) is 3.02. The average Bonchev–Trinajstić information content (AvgIpc) is 2.62. The molecule has 0 aliphatic carbocycles. The first-order chi connectivity index (χ1) is 12.3. The number of piperidine rings is 1. The maximum atomic E-state index is 12.7. The summed E-state index contributed by atoms with van der Waals surface area (Å²) in [5.74, 6) is 0.0145. The molecule has 6 nitrogen and oxygen atoms in total. The van der Waals surface area contributed by atoms with Crippen molar-refractivity contribution in [3.05, 3.63) is 47.1 Å². The molecule has 3 rings (SSSR count). The van der Waals surface area contributed by atoms with E-state index in [2.05, 4.69) is 20.3 Å². The minimum absolute atomic E-state index is 0.0399. The summed E-state index contributed by atoms with van der Waals surface area (Å²) in [6.07, 6.45) is 1.84. The van der Waals surface area contributed by atoms with Gasteiger partial charge < -0.3 is 10.2 Å². The Kier molecular flexibility index (Phi) is 5.26. The van der Waals surface area contributed by atoms with Crippen LogP contribution in [-0.2, 0) is 6.18 Å². The highest BCUT2D eigenvalue weighted by atomic mass is 35.5. The third-order valence-corrected chi connectivity index (χ3v) is 4.35. The lowest BCUT2D eigenvalue weighted by Gasteiger charge is -2.33. The molecule has 2 aromatic heterocycles. The Morgan fingerprint density at radius 1 is 1.19 bits per heavy atom. The van der Waals surface area contributed by atoms with E-state index in [0.29, 0.717) is 31.7 Å². The maximum Gasteiger partial charge on any atom is 0.417 e. The van der Waals surface area contributed by atoms with Crippen LogP contribution in [0.2, 0.25) is 5.02 Å². The zero-order valence-corrected chi connectivity index (χ0v) is 14.3. The van der Waals surface area contributed by atoms with Gasteiger partial charge in [-0.1, -0.05) is 11.6 Å². The molecule has 138 valence electrons. The second-order valence-electron chi connectivity index (χ2n) is 5.85. The lowest BCUT2D eigenvalue weighted by molar-refractivity contribution is -0.137. The summed E-state index contributed by atoms with van der Waals surface area (Å²) in [6, 6.07) is 0.820. The normalized spacial score (nSPS) is 15.8. The number of amides is 1. The molecule has 1 aliphatic heterocycles. The van der Waals surface area contributed by atoms with E-state index >= 15 is 0 Å². The number of nitrogens with zero attached hydrogens (tertiary/aromatic N) is 4. The van der Waals surface area contributed by atoms with Gasteiger partial charge in [-0.3, -0.25) is 9.78 Å². The van der Waals surface area contributed by atoms with Crippen molar-refractivity contribution < 1.29 is 18.0 Å². The Labute approximate surface area is 152 Å². The topological polar surface area (TPSA) is 71.0 Å². The number of pyridine rings is 1. The van der Waals surface area contributed by atoms with Crippen molar-refractivity contribution in [3.8, 4) is 0 Å². The molecule has 0 unspecified atom stereocenters. The zero-order chi connectivity index (χ0) is 18.7. The number of hydrogen-bond acceptors (Lipinski definition) is 5. The molecule has 0 atom stereocenters. The van der Waals surface area contributed by atoms with Gasteiger partial charge in [-0.2, -0.15) is 13.2 Å². The van der Waals surface area contributed by atoms with E-state index in [1.54, 1.807) is 0 Å². The number of carbonyl (C=O) groups is 1. The minimum atomic E-state index is -4.48. The third kappa shape index (κ3) is 4.21. The summed E-state index contributed by atoms with van der Waals surface area (Å²) in [6.45, 7) is 1.03. The zero-order valence-electron chi connectivity index (χ0n) is 13.5. The Morgan fingerprint density at radius 2 is 1.92 bits per heavy atom. The van der Waals surface area contributed by atoms with Crippen LogP contribution in [-0.4, -0.2) is 40.0 Å². The third-order valence-electron chi connectivity index (χ3n) is 4.07. The lowest BCUT2D eigenvalue weighted by atomic mass is 10.0. The molecule has 2 aromatic rings. The summed E-state index contributed by atoms with van der Waals surface area (Å²) in [5, 5.41) is 2.84. The quantitative estimate of drug-likeness (QED) is 0.879. The van der Waals surface area contributed by atoms with Crippen LogP contribution in [0, 0.1) is 0 Å². The Bertz CT molecular complexity index is 779. The Balaban J connectivity index is 1.59. The smallest absolute Gasteiger partial charge is 0.355 e. The number of nitrogens with one attached hydrogen (secondary N) is 1. The van der Waals surface area contributed by atoms with E-state index in [1.807, 2.05) is 4.90 Å². The molecule has 0 radical (unpaired) electrons. The number of alkyl halides is 3. The highest BCUT2D eigenvalue weighted by Crippen LogP contribution is 2.34. The van der Waals surface area contributed by atoms with E-state index in [1.165, 1.54) is 18.6 Å². The fourth-order valence-electron chi connectivity index (χ4n) is 2.73. The number of aromatic nitrogens is 3. The number of hydrogen-bond donors (Lipinski definition) is 1. The molecule has 1 N–H and O–H groups in total. The molecule has 3 heterocycles. The van der Waals surface area contributed by atoms with Gasteiger partial charge in [-0.25, -0.2) is 9.97 Å².